The Balaban J connectivity index is 2.91. The standard InChI is InChI=1S/C7H3Br2N2/c8-4-1-5(9)7-6(2-4)10-3-11-7/h2-3H,(H,10,11). The zero-order chi connectivity index (χ0) is 7.84. The van der Waals surface area contributed by atoms with Gasteiger partial charge in [-0.05, 0) is 22.0 Å². The third kappa shape index (κ3) is 1.20. The molecule has 0 unspecified atom stereocenters. The third-order valence-electron chi connectivity index (χ3n) is 1.38. The summed E-state index contributed by atoms with van der Waals surface area (Å²) in [5.74, 6) is 0. The van der Waals surface area contributed by atoms with Crippen LogP contribution in [0.25, 0.3) is 11.0 Å². The number of rotatable bonds is 0. The topological polar surface area (TPSA) is 28.7 Å². The molecule has 1 radical (unpaired) electrons. The van der Waals surface area contributed by atoms with E-state index in [1.807, 2.05) is 6.07 Å². The molecule has 0 amide bonds. The van der Waals surface area contributed by atoms with Crippen molar-refractivity contribution in [3.63, 3.8) is 0 Å². The van der Waals surface area contributed by atoms with Crippen molar-refractivity contribution < 1.29 is 0 Å². The molecular weight excluding hydrogens is 272 g/mol. The van der Waals surface area contributed by atoms with Gasteiger partial charge < -0.3 is 4.98 Å². The molecule has 11 heavy (non-hydrogen) atoms. The van der Waals surface area contributed by atoms with Crippen LogP contribution in [0.5, 0.6) is 0 Å². The Morgan fingerprint density at radius 2 is 2.27 bits per heavy atom. The third-order valence-corrected chi connectivity index (χ3v) is 2.40. The maximum Gasteiger partial charge on any atom is 0.0932 e. The van der Waals surface area contributed by atoms with Gasteiger partial charge in [-0.25, -0.2) is 4.98 Å². The maximum absolute atomic E-state index is 4.10. The van der Waals surface area contributed by atoms with Gasteiger partial charge in [0.25, 0.3) is 0 Å². The monoisotopic (exact) mass is 273 g/mol. The highest BCUT2D eigenvalue weighted by Crippen LogP contribution is 2.24. The van der Waals surface area contributed by atoms with Crippen molar-refractivity contribution in [1.29, 1.82) is 0 Å². The number of aromatic nitrogens is 2. The zero-order valence-electron chi connectivity index (χ0n) is 5.36. The largest absolute Gasteiger partial charge is 0.344 e. The van der Waals surface area contributed by atoms with E-state index >= 15 is 0 Å². The number of halogens is 2. The quantitative estimate of drug-likeness (QED) is 0.786. The minimum atomic E-state index is 0.902. The molecule has 1 N–H and O–H groups in total. The number of fused-ring (bicyclic) bond motifs is 1. The second kappa shape index (κ2) is 2.60. The lowest BCUT2D eigenvalue weighted by atomic mass is 10.3. The normalized spacial score (nSPS) is 10.7. The number of nitrogens with one attached hydrogen (secondary N) is 1. The highest BCUT2D eigenvalue weighted by molar-refractivity contribution is 9.11. The molecule has 0 aliphatic rings. The van der Waals surface area contributed by atoms with Crippen LogP contribution in [0.15, 0.2) is 21.3 Å². The molecule has 55 valence electrons. The smallest absolute Gasteiger partial charge is 0.0932 e. The summed E-state index contributed by atoms with van der Waals surface area (Å²) in [6, 6.07) is 4.97. The summed E-state index contributed by atoms with van der Waals surface area (Å²) in [4.78, 5) is 7.11. The second-order valence-corrected chi connectivity index (χ2v) is 3.74. The Labute approximate surface area is 80.3 Å². The number of nitrogens with zero attached hydrogens (tertiary/aromatic N) is 1. The molecule has 1 heterocycles. The van der Waals surface area contributed by atoms with Crippen LogP contribution in [0.4, 0.5) is 0 Å². The van der Waals surface area contributed by atoms with Gasteiger partial charge in [-0.2, -0.15) is 0 Å². The number of H-pyrrole nitrogens is 1. The number of aromatic amines is 1. The van der Waals surface area contributed by atoms with E-state index in [0.29, 0.717) is 0 Å². The molecule has 2 nitrogen and oxygen atoms in total. The Bertz CT molecular complexity index is 394. The highest BCUT2D eigenvalue weighted by Gasteiger charge is 2.01. The predicted molar refractivity (Wildman–Crippen MR) is 50.3 cm³/mol. The van der Waals surface area contributed by atoms with E-state index in [-0.39, 0.29) is 0 Å². The van der Waals surface area contributed by atoms with E-state index in [4.69, 9.17) is 0 Å². The molecule has 0 fully saturated rings. The van der Waals surface area contributed by atoms with E-state index in [1.54, 1.807) is 6.33 Å². The van der Waals surface area contributed by atoms with Crippen LogP contribution in [0.1, 0.15) is 0 Å². The van der Waals surface area contributed by atoms with Crippen LogP contribution >= 0.6 is 31.9 Å². The van der Waals surface area contributed by atoms with Gasteiger partial charge in [0.15, 0.2) is 0 Å². The fraction of sp³-hybridized carbons (Fsp3) is 0. The van der Waals surface area contributed by atoms with Crippen molar-refractivity contribution in [2.75, 3.05) is 0 Å². The summed E-state index contributed by atoms with van der Waals surface area (Å²) >= 11 is 6.70. The molecule has 4 heteroatoms. The van der Waals surface area contributed by atoms with Gasteiger partial charge in [0.1, 0.15) is 0 Å². The lowest BCUT2D eigenvalue weighted by Gasteiger charge is -1.92. The first-order valence-electron chi connectivity index (χ1n) is 2.98. The summed E-state index contributed by atoms with van der Waals surface area (Å²) in [6.07, 6.45) is 1.66. The molecular formula is C7H3Br2N2. The molecule has 0 aliphatic heterocycles. The van der Waals surface area contributed by atoms with Gasteiger partial charge in [-0.1, -0.05) is 15.9 Å². The van der Waals surface area contributed by atoms with Crippen LogP contribution in [-0.2, 0) is 0 Å². The van der Waals surface area contributed by atoms with Crippen LogP contribution < -0.4 is 0 Å². The van der Waals surface area contributed by atoms with Gasteiger partial charge in [0.05, 0.1) is 21.8 Å². The predicted octanol–water partition coefficient (Wildman–Crippen LogP) is 2.89. The minimum Gasteiger partial charge on any atom is -0.344 e. The molecule has 1 aromatic heterocycles. The van der Waals surface area contributed by atoms with Crippen molar-refractivity contribution >= 4 is 42.9 Å². The molecule has 0 saturated carbocycles. The van der Waals surface area contributed by atoms with Crippen molar-refractivity contribution in [2.24, 2.45) is 0 Å². The summed E-state index contributed by atoms with van der Waals surface area (Å²) in [6.45, 7) is 0. The van der Waals surface area contributed by atoms with Crippen LogP contribution in [-0.4, -0.2) is 9.97 Å². The van der Waals surface area contributed by atoms with E-state index in [9.17, 15) is 0 Å². The number of hydrogen-bond donors (Lipinski definition) is 1. The maximum atomic E-state index is 4.10. The molecule has 1 aromatic carbocycles. The Morgan fingerprint density at radius 3 is 3.09 bits per heavy atom. The van der Waals surface area contributed by atoms with Crippen LogP contribution in [0.2, 0.25) is 0 Å². The summed E-state index contributed by atoms with van der Waals surface area (Å²) in [5, 5.41) is 0. The molecule has 0 aliphatic carbocycles. The van der Waals surface area contributed by atoms with E-state index in [0.717, 1.165) is 20.0 Å². The number of imidazole rings is 1. The molecule has 0 spiro atoms. The number of hydrogen-bond acceptors (Lipinski definition) is 1. The van der Waals surface area contributed by atoms with Crippen LogP contribution in [0, 0.1) is 6.07 Å². The highest BCUT2D eigenvalue weighted by atomic mass is 79.9. The summed E-state index contributed by atoms with van der Waals surface area (Å²) in [7, 11) is 0. The van der Waals surface area contributed by atoms with Crippen molar-refractivity contribution in [3.05, 3.63) is 27.4 Å². The lowest BCUT2D eigenvalue weighted by molar-refractivity contribution is 1.34. The van der Waals surface area contributed by atoms with Crippen molar-refractivity contribution in [1.82, 2.24) is 9.97 Å². The number of benzene rings is 1. The molecule has 0 atom stereocenters. The van der Waals surface area contributed by atoms with Crippen LogP contribution in [0.3, 0.4) is 0 Å². The molecule has 2 aromatic rings. The summed E-state index contributed by atoms with van der Waals surface area (Å²) in [5.41, 5.74) is 1.91. The average molecular weight is 275 g/mol. The SMILES string of the molecule is Brc1[c]c(Br)c2[nH]cnc2c1. The zero-order valence-corrected chi connectivity index (χ0v) is 8.53. The Hall–Kier alpha value is -0.350. The van der Waals surface area contributed by atoms with Gasteiger partial charge in [0, 0.05) is 10.5 Å². The van der Waals surface area contributed by atoms with Crippen molar-refractivity contribution in [3.8, 4) is 0 Å². The average Bonchev–Trinajstić information content (AvgIpc) is 2.34. The molecule has 2 rings (SSSR count). The Kier molecular flexibility index (Phi) is 1.73. The van der Waals surface area contributed by atoms with E-state index in [2.05, 4.69) is 47.9 Å². The Morgan fingerprint density at radius 1 is 1.45 bits per heavy atom. The van der Waals surface area contributed by atoms with Gasteiger partial charge >= 0.3 is 0 Å². The van der Waals surface area contributed by atoms with Gasteiger partial charge in [0.2, 0.25) is 0 Å². The molecule has 0 bridgehead atoms. The first-order chi connectivity index (χ1) is 5.27. The van der Waals surface area contributed by atoms with Gasteiger partial charge in [-0.15, -0.1) is 0 Å². The lowest BCUT2D eigenvalue weighted by Crippen LogP contribution is -1.73. The van der Waals surface area contributed by atoms with Gasteiger partial charge in [-0.3, -0.25) is 0 Å². The summed E-state index contributed by atoms with van der Waals surface area (Å²) < 4.78 is 1.81. The van der Waals surface area contributed by atoms with E-state index < -0.39 is 0 Å². The fourth-order valence-electron chi connectivity index (χ4n) is 0.914. The molecule has 0 saturated heterocycles. The fourth-order valence-corrected chi connectivity index (χ4v) is 2.13. The minimum absolute atomic E-state index is 0.902. The first kappa shape index (κ1) is 7.31. The first-order valence-corrected chi connectivity index (χ1v) is 4.56. The van der Waals surface area contributed by atoms with E-state index in [1.165, 1.54) is 0 Å². The second-order valence-electron chi connectivity index (χ2n) is 2.09. The van der Waals surface area contributed by atoms with Crippen molar-refractivity contribution in [2.45, 2.75) is 0 Å².